The maximum Gasteiger partial charge on any atom is 0.174 e. The van der Waals surface area contributed by atoms with Gasteiger partial charge >= 0.3 is 0 Å². The van der Waals surface area contributed by atoms with Crippen molar-refractivity contribution < 1.29 is 14.6 Å². The first-order chi connectivity index (χ1) is 14.4. The Morgan fingerprint density at radius 2 is 1.67 bits per heavy atom. The fourth-order valence-electron chi connectivity index (χ4n) is 8.78. The number of fused-ring (bicyclic) bond motifs is 6. The van der Waals surface area contributed by atoms with Crippen LogP contribution in [0.4, 0.5) is 0 Å². The predicted octanol–water partition coefficient (Wildman–Crippen LogP) is 5.36. The molecule has 4 nitrogen and oxygen atoms in total. The first kappa shape index (κ1) is 21.0. The molecule has 7 atom stereocenters. The number of rotatable bonds is 3. The smallest absolute Gasteiger partial charge is 0.174 e. The summed E-state index contributed by atoms with van der Waals surface area (Å²) in [6.07, 6.45) is 15.8. The molecule has 0 amide bonds. The van der Waals surface area contributed by atoms with E-state index in [9.17, 15) is 5.11 Å². The third-order valence-electron chi connectivity index (χ3n) is 10.5. The van der Waals surface area contributed by atoms with E-state index in [1.165, 1.54) is 25.7 Å². The van der Waals surface area contributed by atoms with Crippen molar-refractivity contribution in [3.8, 4) is 6.07 Å². The van der Waals surface area contributed by atoms with Gasteiger partial charge in [0.2, 0.25) is 0 Å². The zero-order chi connectivity index (χ0) is 21.0. The molecule has 5 aliphatic rings. The lowest BCUT2D eigenvalue weighted by Gasteiger charge is -2.64. The number of nitrogens with zero attached hydrogens (tertiary/aromatic N) is 1. The Balaban J connectivity index is 1.35. The molecule has 5 fully saturated rings. The van der Waals surface area contributed by atoms with Crippen molar-refractivity contribution in [1.29, 1.82) is 5.26 Å². The molecule has 30 heavy (non-hydrogen) atoms. The van der Waals surface area contributed by atoms with Crippen molar-refractivity contribution in [2.24, 2.45) is 34.5 Å². The van der Waals surface area contributed by atoms with Crippen LogP contribution in [-0.4, -0.2) is 29.7 Å². The second-order valence-electron chi connectivity index (χ2n) is 11.4. The number of nitriles is 1. The van der Waals surface area contributed by atoms with Gasteiger partial charge in [-0.15, -0.1) is 0 Å². The number of hydrogen-bond acceptors (Lipinski definition) is 4. The van der Waals surface area contributed by atoms with Gasteiger partial charge in [-0.2, -0.15) is 5.26 Å². The molecule has 0 aromatic rings. The van der Waals surface area contributed by atoms with Gasteiger partial charge in [-0.25, -0.2) is 0 Å². The molecule has 1 saturated heterocycles. The summed E-state index contributed by atoms with van der Waals surface area (Å²) in [5.41, 5.74) is -0.375. The van der Waals surface area contributed by atoms with E-state index >= 15 is 0 Å². The fraction of sp³-hybridized carbons (Fsp3) is 0.885. The minimum Gasteiger partial charge on any atom is -0.389 e. The van der Waals surface area contributed by atoms with Gasteiger partial charge in [-0.1, -0.05) is 26.0 Å². The summed E-state index contributed by atoms with van der Waals surface area (Å²) >= 11 is 0. The first-order valence-corrected chi connectivity index (χ1v) is 12.4. The van der Waals surface area contributed by atoms with Crippen LogP contribution in [0.25, 0.3) is 0 Å². The minimum absolute atomic E-state index is 0.0292. The standard InChI is InChI=1S/C26H39NO3/c1-23-11-7-19(6-4-3-5-15-27)18-25(23,28)13-8-20-21(23)9-12-24(2)22(20)10-14-26(24)29-16-17-30-26/h4,6,19-22,28H,3,5,7-14,16-18H2,1-2H3/t19-,20-,21+,22+,23-,24+,25-/m1/s1. The zero-order valence-corrected chi connectivity index (χ0v) is 18.9. The summed E-state index contributed by atoms with van der Waals surface area (Å²) in [6.45, 7) is 6.35. The van der Waals surface area contributed by atoms with E-state index in [0.717, 1.165) is 51.7 Å². The summed E-state index contributed by atoms with van der Waals surface area (Å²) in [6, 6.07) is 2.22. The lowest BCUT2D eigenvalue weighted by molar-refractivity contribution is -0.260. The van der Waals surface area contributed by atoms with E-state index in [1.807, 2.05) is 0 Å². The second kappa shape index (κ2) is 7.32. The molecule has 4 heteroatoms. The lowest BCUT2D eigenvalue weighted by Crippen LogP contribution is -2.63. The molecule has 4 aliphatic carbocycles. The monoisotopic (exact) mass is 413 g/mol. The fourth-order valence-corrected chi connectivity index (χ4v) is 8.78. The summed E-state index contributed by atoms with van der Waals surface area (Å²) < 4.78 is 12.5. The summed E-state index contributed by atoms with van der Waals surface area (Å²) in [5, 5.41) is 20.7. The molecule has 0 radical (unpaired) electrons. The topological polar surface area (TPSA) is 62.5 Å². The average molecular weight is 414 g/mol. The molecule has 1 N–H and O–H groups in total. The molecule has 4 saturated carbocycles. The van der Waals surface area contributed by atoms with Gasteiger partial charge in [0.1, 0.15) is 0 Å². The van der Waals surface area contributed by atoms with E-state index in [4.69, 9.17) is 14.7 Å². The van der Waals surface area contributed by atoms with Crippen LogP contribution >= 0.6 is 0 Å². The van der Waals surface area contributed by atoms with Crippen LogP contribution in [0.5, 0.6) is 0 Å². The van der Waals surface area contributed by atoms with Crippen molar-refractivity contribution in [3.63, 3.8) is 0 Å². The third-order valence-corrected chi connectivity index (χ3v) is 10.5. The van der Waals surface area contributed by atoms with Crippen molar-refractivity contribution in [1.82, 2.24) is 0 Å². The van der Waals surface area contributed by atoms with Gasteiger partial charge < -0.3 is 14.6 Å². The summed E-state index contributed by atoms with van der Waals surface area (Å²) in [5.74, 6) is 2.11. The number of ether oxygens (including phenoxy) is 2. The highest BCUT2D eigenvalue weighted by Crippen LogP contribution is 2.70. The highest BCUT2D eigenvalue weighted by atomic mass is 16.7. The number of aliphatic hydroxyl groups is 1. The SMILES string of the molecule is C[C@]12CC[C@H]3[C@@H](CC[C@@]4(O)C[C@H](C=CCCC#N)CC[C@]34C)[C@@H]1CCC21OCCO1. The van der Waals surface area contributed by atoms with E-state index < -0.39 is 5.60 Å². The number of hydrogen-bond donors (Lipinski definition) is 1. The van der Waals surface area contributed by atoms with Gasteiger partial charge in [0.15, 0.2) is 5.79 Å². The van der Waals surface area contributed by atoms with E-state index in [0.29, 0.717) is 30.1 Å². The van der Waals surface area contributed by atoms with Crippen LogP contribution in [-0.2, 0) is 9.47 Å². The Bertz CT molecular complexity index is 737. The number of allylic oxidation sites excluding steroid dienone is 2. The molecule has 0 aromatic heterocycles. The third kappa shape index (κ3) is 2.81. The highest BCUT2D eigenvalue weighted by Gasteiger charge is 2.69. The molecule has 0 bridgehead atoms. The first-order valence-electron chi connectivity index (χ1n) is 12.4. The zero-order valence-electron chi connectivity index (χ0n) is 18.9. The van der Waals surface area contributed by atoms with Crippen LogP contribution in [0.15, 0.2) is 12.2 Å². The van der Waals surface area contributed by atoms with Crippen LogP contribution in [0.1, 0.15) is 84.5 Å². The van der Waals surface area contributed by atoms with Gasteiger partial charge in [0, 0.05) is 18.3 Å². The minimum atomic E-state index is -0.541. The number of unbranched alkanes of at least 4 members (excludes halogenated alkanes) is 1. The molecule has 0 aromatic carbocycles. The molecule has 1 spiro atoms. The molecule has 1 heterocycles. The van der Waals surface area contributed by atoms with E-state index in [2.05, 4.69) is 32.1 Å². The quantitative estimate of drug-likeness (QED) is 0.499. The molecule has 5 rings (SSSR count). The normalized spacial score (nSPS) is 49.5. The van der Waals surface area contributed by atoms with Crippen molar-refractivity contribution in [3.05, 3.63) is 12.2 Å². The molecule has 1 aliphatic heterocycles. The van der Waals surface area contributed by atoms with Crippen LogP contribution in [0.2, 0.25) is 0 Å². The van der Waals surface area contributed by atoms with Gasteiger partial charge in [-0.05, 0) is 86.9 Å². The van der Waals surface area contributed by atoms with Crippen molar-refractivity contribution in [2.45, 2.75) is 95.9 Å². The van der Waals surface area contributed by atoms with E-state index in [1.54, 1.807) is 0 Å². The predicted molar refractivity (Wildman–Crippen MR) is 115 cm³/mol. The Hall–Kier alpha value is -0.890. The van der Waals surface area contributed by atoms with E-state index in [-0.39, 0.29) is 16.6 Å². The summed E-state index contributed by atoms with van der Waals surface area (Å²) in [7, 11) is 0. The van der Waals surface area contributed by atoms with Gasteiger partial charge in [0.25, 0.3) is 0 Å². The van der Waals surface area contributed by atoms with Crippen LogP contribution in [0.3, 0.4) is 0 Å². The van der Waals surface area contributed by atoms with Crippen LogP contribution in [0, 0.1) is 45.8 Å². The Morgan fingerprint density at radius 3 is 2.43 bits per heavy atom. The Morgan fingerprint density at radius 1 is 0.967 bits per heavy atom. The molecule has 166 valence electrons. The average Bonchev–Trinajstić information content (AvgIpc) is 3.32. The Labute approximate surface area is 182 Å². The van der Waals surface area contributed by atoms with Gasteiger partial charge in [-0.3, -0.25) is 0 Å². The van der Waals surface area contributed by atoms with Crippen molar-refractivity contribution in [2.75, 3.05) is 13.2 Å². The second-order valence-corrected chi connectivity index (χ2v) is 11.4. The molecular formula is C26H39NO3. The maximum absolute atomic E-state index is 11.9. The highest BCUT2D eigenvalue weighted by molar-refractivity contribution is 5.17. The lowest BCUT2D eigenvalue weighted by atomic mass is 9.43. The molecule has 0 unspecified atom stereocenters. The maximum atomic E-state index is 11.9. The summed E-state index contributed by atoms with van der Waals surface area (Å²) in [4.78, 5) is 0. The van der Waals surface area contributed by atoms with Crippen LogP contribution < -0.4 is 0 Å². The van der Waals surface area contributed by atoms with Gasteiger partial charge in [0.05, 0.1) is 24.9 Å². The largest absolute Gasteiger partial charge is 0.389 e. The molecular weight excluding hydrogens is 374 g/mol. The van der Waals surface area contributed by atoms with Crippen molar-refractivity contribution >= 4 is 0 Å². The Kier molecular flexibility index (Phi) is 5.12.